The maximum atomic E-state index is 11.6. The van der Waals surface area contributed by atoms with Gasteiger partial charge >= 0.3 is 0 Å². The Morgan fingerprint density at radius 1 is 0.952 bits per heavy atom. The Balaban J connectivity index is 3.89. The van der Waals surface area contributed by atoms with Crippen LogP contribution in [0.15, 0.2) is 0 Å². The van der Waals surface area contributed by atoms with E-state index in [1.165, 1.54) is 12.8 Å². The molecule has 0 aromatic carbocycles. The van der Waals surface area contributed by atoms with Gasteiger partial charge in [-0.15, -0.1) is 0 Å². The first-order valence-electron chi connectivity index (χ1n) is 7.56. The fourth-order valence-electron chi connectivity index (χ4n) is 1.90. The third-order valence-electron chi connectivity index (χ3n) is 3.35. The SMILES string of the molecule is CCCCCCCCNC(=O)[C@H](O)[C@@H](O)[C@@H](O)[C@H](O)CO. The van der Waals surface area contributed by atoms with Crippen LogP contribution < -0.4 is 5.32 Å². The van der Waals surface area contributed by atoms with Gasteiger partial charge in [0.25, 0.3) is 5.91 Å². The molecule has 0 bridgehead atoms. The second-order valence-electron chi connectivity index (χ2n) is 5.23. The molecular formula is C14H29NO6. The number of carbonyl (C=O) groups excluding carboxylic acids is 1. The molecule has 126 valence electrons. The number of carbonyl (C=O) groups is 1. The third-order valence-corrected chi connectivity index (χ3v) is 3.35. The molecule has 6 N–H and O–H groups in total. The van der Waals surface area contributed by atoms with E-state index in [0.717, 1.165) is 25.7 Å². The first-order valence-corrected chi connectivity index (χ1v) is 7.56. The highest BCUT2D eigenvalue weighted by Gasteiger charge is 2.33. The number of rotatable bonds is 12. The minimum Gasteiger partial charge on any atom is -0.394 e. The first kappa shape index (κ1) is 20.3. The molecule has 0 aliphatic carbocycles. The summed E-state index contributed by atoms with van der Waals surface area (Å²) in [6.07, 6.45) is -0.715. The van der Waals surface area contributed by atoms with Crippen LogP contribution in [0.1, 0.15) is 45.4 Å². The van der Waals surface area contributed by atoms with Crippen LogP contribution >= 0.6 is 0 Å². The molecule has 0 saturated carbocycles. The van der Waals surface area contributed by atoms with Crippen LogP contribution in [-0.2, 0) is 4.79 Å². The standard InChI is InChI=1S/C14H29NO6/c1-2-3-4-5-6-7-8-15-14(21)13(20)12(19)11(18)10(17)9-16/h10-13,16-20H,2-9H2,1H3,(H,15,21)/t10-,11+,12+,13-/m1/s1. The number of hydrogen-bond acceptors (Lipinski definition) is 6. The van der Waals surface area contributed by atoms with E-state index >= 15 is 0 Å². The summed E-state index contributed by atoms with van der Waals surface area (Å²) in [6, 6.07) is 0. The van der Waals surface area contributed by atoms with Crippen molar-refractivity contribution < 1.29 is 30.3 Å². The van der Waals surface area contributed by atoms with Gasteiger partial charge in [0.2, 0.25) is 0 Å². The Morgan fingerprint density at radius 3 is 2.10 bits per heavy atom. The van der Waals surface area contributed by atoms with E-state index in [2.05, 4.69) is 12.2 Å². The Morgan fingerprint density at radius 2 is 1.52 bits per heavy atom. The summed E-state index contributed by atoms with van der Waals surface area (Å²) in [6.45, 7) is 1.74. The smallest absolute Gasteiger partial charge is 0.251 e. The molecule has 0 aliphatic heterocycles. The molecule has 21 heavy (non-hydrogen) atoms. The fraction of sp³-hybridized carbons (Fsp3) is 0.929. The van der Waals surface area contributed by atoms with Crippen LogP contribution in [0.2, 0.25) is 0 Å². The maximum absolute atomic E-state index is 11.6. The van der Waals surface area contributed by atoms with Crippen molar-refractivity contribution in [3.63, 3.8) is 0 Å². The van der Waals surface area contributed by atoms with E-state index in [1.54, 1.807) is 0 Å². The Hall–Kier alpha value is -0.730. The van der Waals surface area contributed by atoms with Crippen molar-refractivity contribution >= 4 is 5.91 Å². The van der Waals surface area contributed by atoms with Gasteiger partial charge in [-0.05, 0) is 6.42 Å². The molecule has 7 heteroatoms. The Labute approximate surface area is 125 Å². The second-order valence-corrected chi connectivity index (χ2v) is 5.23. The number of unbranched alkanes of at least 4 members (excludes halogenated alkanes) is 5. The minimum absolute atomic E-state index is 0.382. The van der Waals surface area contributed by atoms with Crippen LogP contribution in [0, 0.1) is 0 Å². The largest absolute Gasteiger partial charge is 0.394 e. The zero-order valence-electron chi connectivity index (χ0n) is 12.6. The lowest BCUT2D eigenvalue weighted by Gasteiger charge is -2.24. The van der Waals surface area contributed by atoms with E-state index in [1.807, 2.05) is 0 Å². The predicted molar refractivity (Wildman–Crippen MR) is 77.5 cm³/mol. The lowest BCUT2D eigenvalue weighted by atomic mass is 10.0. The molecule has 7 nitrogen and oxygen atoms in total. The van der Waals surface area contributed by atoms with Crippen molar-refractivity contribution in [3.05, 3.63) is 0 Å². The Kier molecular flexibility index (Phi) is 11.5. The molecule has 0 aromatic rings. The highest BCUT2D eigenvalue weighted by Crippen LogP contribution is 2.06. The van der Waals surface area contributed by atoms with E-state index < -0.39 is 36.9 Å². The zero-order chi connectivity index (χ0) is 16.3. The van der Waals surface area contributed by atoms with Gasteiger partial charge < -0.3 is 30.8 Å². The molecule has 0 radical (unpaired) electrons. The van der Waals surface area contributed by atoms with Crippen molar-refractivity contribution in [3.8, 4) is 0 Å². The summed E-state index contributed by atoms with van der Waals surface area (Å²) in [5.74, 6) is -0.805. The molecule has 1 amide bonds. The highest BCUT2D eigenvalue weighted by atomic mass is 16.4. The average Bonchev–Trinajstić information content (AvgIpc) is 2.50. The van der Waals surface area contributed by atoms with E-state index in [4.69, 9.17) is 10.2 Å². The molecule has 4 atom stereocenters. The summed E-state index contributed by atoms with van der Waals surface area (Å²) >= 11 is 0. The molecule has 0 fully saturated rings. The zero-order valence-corrected chi connectivity index (χ0v) is 12.6. The number of amides is 1. The van der Waals surface area contributed by atoms with Gasteiger partial charge in [-0.3, -0.25) is 4.79 Å². The average molecular weight is 307 g/mol. The van der Waals surface area contributed by atoms with Gasteiger partial charge in [-0.1, -0.05) is 39.0 Å². The third kappa shape index (κ3) is 8.33. The van der Waals surface area contributed by atoms with Gasteiger partial charge in [-0.25, -0.2) is 0 Å². The van der Waals surface area contributed by atoms with Crippen molar-refractivity contribution in [1.82, 2.24) is 5.32 Å². The molecule has 0 spiro atoms. The summed E-state index contributed by atoms with van der Waals surface area (Å²) in [4.78, 5) is 11.6. The molecule has 0 unspecified atom stereocenters. The number of nitrogens with one attached hydrogen (secondary N) is 1. The van der Waals surface area contributed by atoms with E-state index in [0.29, 0.717) is 6.54 Å². The highest BCUT2D eigenvalue weighted by molar-refractivity contribution is 5.81. The predicted octanol–water partition coefficient (Wildman–Crippen LogP) is -1.10. The van der Waals surface area contributed by atoms with Crippen LogP contribution in [0.4, 0.5) is 0 Å². The molecule has 0 rings (SSSR count). The van der Waals surface area contributed by atoms with E-state index in [-0.39, 0.29) is 0 Å². The molecule has 0 aliphatic rings. The van der Waals surface area contributed by atoms with Crippen molar-refractivity contribution in [2.45, 2.75) is 69.9 Å². The quantitative estimate of drug-likeness (QED) is 0.254. The van der Waals surface area contributed by atoms with Gasteiger partial charge in [0, 0.05) is 6.54 Å². The van der Waals surface area contributed by atoms with Crippen molar-refractivity contribution in [2.24, 2.45) is 0 Å². The number of aliphatic hydroxyl groups excluding tert-OH is 5. The molecule has 0 heterocycles. The maximum Gasteiger partial charge on any atom is 0.251 e. The molecule has 0 saturated heterocycles. The first-order chi connectivity index (χ1) is 9.95. The summed E-state index contributed by atoms with van der Waals surface area (Å²) < 4.78 is 0. The van der Waals surface area contributed by atoms with Gasteiger partial charge in [0.15, 0.2) is 6.10 Å². The van der Waals surface area contributed by atoms with E-state index in [9.17, 15) is 20.1 Å². The molecule has 0 aromatic heterocycles. The lowest BCUT2D eigenvalue weighted by molar-refractivity contribution is -0.148. The minimum atomic E-state index is -1.85. The summed E-state index contributed by atoms with van der Waals surface area (Å²) in [5, 5.41) is 48.7. The van der Waals surface area contributed by atoms with Gasteiger partial charge in [0.05, 0.1) is 6.61 Å². The van der Waals surface area contributed by atoms with Crippen LogP contribution in [0.3, 0.4) is 0 Å². The summed E-state index contributed by atoms with van der Waals surface area (Å²) in [7, 11) is 0. The van der Waals surface area contributed by atoms with Gasteiger partial charge in [-0.2, -0.15) is 0 Å². The number of hydrogen-bond donors (Lipinski definition) is 6. The normalized spacial score (nSPS) is 17.0. The molecular weight excluding hydrogens is 278 g/mol. The second kappa shape index (κ2) is 11.9. The van der Waals surface area contributed by atoms with Crippen LogP contribution in [0.25, 0.3) is 0 Å². The van der Waals surface area contributed by atoms with Crippen LogP contribution in [0.5, 0.6) is 0 Å². The number of aliphatic hydroxyl groups is 5. The monoisotopic (exact) mass is 307 g/mol. The summed E-state index contributed by atoms with van der Waals surface area (Å²) in [5.41, 5.74) is 0. The topological polar surface area (TPSA) is 130 Å². The van der Waals surface area contributed by atoms with Crippen LogP contribution in [-0.4, -0.2) is 69.0 Å². The Bertz CT molecular complexity index is 276. The lowest BCUT2D eigenvalue weighted by Crippen LogP contribution is -2.51. The fourth-order valence-corrected chi connectivity index (χ4v) is 1.90. The van der Waals surface area contributed by atoms with Crippen molar-refractivity contribution in [1.29, 1.82) is 0 Å². The van der Waals surface area contributed by atoms with Crippen molar-refractivity contribution in [2.75, 3.05) is 13.2 Å². The van der Waals surface area contributed by atoms with Gasteiger partial charge in [0.1, 0.15) is 18.3 Å².